The van der Waals surface area contributed by atoms with Crippen LogP contribution in [0.1, 0.15) is 34.6 Å². The van der Waals surface area contributed by atoms with Crippen molar-refractivity contribution in [3.05, 3.63) is 0 Å². The summed E-state index contributed by atoms with van der Waals surface area (Å²) in [5.41, 5.74) is 0. The molecular weight excluding hydrogens is 180 g/mol. The molecule has 1 unspecified atom stereocenters. The van der Waals surface area contributed by atoms with Crippen LogP contribution in [0.4, 0.5) is 4.79 Å². The number of rotatable bonds is 4. The quantitative estimate of drug-likeness (QED) is 0.431. The predicted molar refractivity (Wildman–Crippen MR) is 56.5 cm³/mol. The van der Waals surface area contributed by atoms with Crippen molar-refractivity contribution in [2.24, 2.45) is 17.7 Å². The van der Waals surface area contributed by atoms with E-state index in [1.54, 1.807) is 0 Å². The first kappa shape index (κ1) is 13.2. The van der Waals surface area contributed by atoms with Crippen LogP contribution in [0, 0.1) is 11.8 Å². The third kappa shape index (κ3) is 5.07. The monoisotopic (exact) mass is 202 g/mol. The Morgan fingerprint density at radius 3 is 2.14 bits per heavy atom. The third-order valence-electron chi connectivity index (χ3n) is 2.02. The predicted octanol–water partition coefficient (Wildman–Crippen LogP) is 2.00. The van der Waals surface area contributed by atoms with Gasteiger partial charge in [0, 0.05) is 6.54 Å². The Balaban J connectivity index is 3.95. The summed E-state index contributed by atoms with van der Waals surface area (Å²) in [6, 6.07) is 0. The second-order valence-electron chi connectivity index (χ2n) is 4.38. The van der Waals surface area contributed by atoms with Crippen LogP contribution in [0.15, 0.2) is 0 Å². The molecule has 14 heavy (non-hydrogen) atoms. The third-order valence-corrected chi connectivity index (χ3v) is 2.02. The zero-order chi connectivity index (χ0) is 11.3. The molecule has 0 fully saturated rings. The van der Waals surface area contributed by atoms with E-state index in [0.29, 0.717) is 18.4 Å². The fourth-order valence-electron chi connectivity index (χ4n) is 0.831. The Kier molecular flexibility index (Phi) is 5.53. The SMILES string of the molecule is CC(C)CN(N)C(=O)OC(C)C(C)C. The minimum Gasteiger partial charge on any atom is -0.445 e. The maximum absolute atomic E-state index is 11.4. The molecule has 0 aliphatic carbocycles. The number of ether oxygens (including phenoxy) is 1. The zero-order valence-electron chi connectivity index (χ0n) is 9.78. The molecule has 0 bridgehead atoms. The average Bonchev–Trinajstić information content (AvgIpc) is 2.02. The van der Waals surface area contributed by atoms with Gasteiger partial charge in [-0.25, -0.2) is 15.6 Å². The number of carbonyl (C=O) groups is 1. The lowest BCUT2D eigenvalue weighted by Crippen LogP contribution is -2.42. The maximum atomic E-state index is 11.4. The molecule has 0 spiro atoms. The molecule has 2 N–H and O–H groups in total. The molecule has 4 nitrogen and oxygen atoms in total. The van der Waals surface area contributed by atoms with Crippen LogP contribution < -0.4 is 5.84 Å². The van der Waals surface area contributed by atoms with E-state index in [0.717, 1.165) is 5.01 Å². The summed E-state index contributed by atoms with van der Waals surface area (Å²) in [6.45, 7) is 10.4. The Labute approximate surface area is 86.4 Å². The number of nitrogens with zero attached hydrogens (tertiary/aromatic N) is 1. The molecule has 0 aromatic rings. The van der Waals surface area contributed by atoms with Crippen LogP contribution in [0.3, 0.4) is 0 Å². The van der Waals surface area contributed by atoms with Gasteiger partial charge in [-0.05, 0) is 18.8 Å². The molecule has 0 rings (SSSR count). The number of amides is 1. The number of hydrogen-bond acceptors (Lipinski definition) is 3. The highest BCUT2D eigenvalue weighted by molar-refractivity contribution is 5.66. The fourth-order valence-corrected chi connectivity index (χ4v) is 0.831. The first-order chi connectivity index (χ1) is 6.34. The summed E-state index contributed by atoms with van der Waals surface area (Å²) < 4.78 is 5.14. The lowest BCUT2D eigenvalue weighted by atomic mass is 10.1. The average molecular weight is 202 g/mol. The Hall–Kier alpha value is -0.770. The Morgan fingerprint density at radius 2 is 1.79 bits per heavy atom. The van der Waals surface area contributed by atoms with Crippen LogP contribution in [0.25, 0.3) is 0 Å². The van der Waals surface area contributed by atoms with Gasteiger partial charge in [-0.2, -0.15) is 0 Å². The van der Waals surface area contributed by atoms with Gasteiger partial charge in [0.15, 0.2) is 0 Å². The molecule has 0 heterocycles. The molecule has 1 amide bonds. The van der Waals surface area contributed by atoms with Crippen LogP contribution in [0.2, 0.25) is 0 Å². The van der Waals surface area contributed by atoms with E-state index in [-0.39, 0.29) is 6.10 Å². The van der Waals surface area contributed by atoms with Gasteiger partial charge in [0.05, 0.1) is 0 Å². The molecule has 4 heteroatoms. The summed E-state index contributed by atoms with van der Waals surface area (Å²) in [4.78, 5) is 11.4. The second kappa shape index (κ2) is 5.86. The van der Waals surface area contributed by atoms with E-state index < -0.39 is 6.09 Å². The highest BCUT2D eigenvalue weighted by atomic mass is 16.6. The van der Waals surface area contributed by atoms with Gasteiger partial charge >= 0.3 is 6.09 Å². The lowest BCUT2D eigenvalue weighted by molar-refractivity contribution is 0.0480. The number of hydrogen-bond donors (Lipinski definition) is 1. The smallest absolute Gasteiger partial charge is 0.424 e. The molecule has 0 saturated heterocycles. The van der Waals surface area contributed by atoms with Gasteiger partial charge in [-0.1, -0.05) is 27.7 Å². The van der Waals surface area contributed by atoms with Gasteiger partial charge < -0.3 is 4.74 Å². The maximum Gasteiger partial charge on any atom is 0.424 e. The molecule has 0 aliphatic rings. The van der Waals surface area contributed by atoms with E-state index in [1.807, 2.05) is 34.6 Å². The Bertz CT molecular complexity index is 181. The highest BCUT2D eigenvalue weighted by Gasteiger charge is 2.17. The van der Waals surface area contributed by atoms with E-state index in [9.17, 15) is 4.79 Å². The van der Waals surface area contributed by atoms with E-state index >= 15 is 0 Å². The molecule has 0 aliphatic heterocycles. The first-order valence-corrected chi connectivity index (χ1v) is 5.07. The van der Waals surface area contributed by atoms with Gasteiger partial charge in [0.2, 0.25) is 0 Å². The van der Waals surface area contributed by atoms with E-state index in [2.05, 4.69) is 0 Å². The van der Waals surface area contributed by atoms with Crippen molar-refractivity contribution in [1.29, 1.82) is 0 Å². The van der Waals surface area contributed by atoms with Crippen LogP contribution in [-0.4, -0.2) is 23.8 Å². The van der Waals surface area contributed by atoms with Crippen molar-refractivity contribution in [3.63, 3.8) is 0 Å². The standard InChI is InChI=1S/C10H22N2O2/c1-7(2)6-12(11)10(13)14-9(5)8(3)4/h7-9H,6,11H2,1-5H3. The molecule has 1 atom stereocenters. The van der Waals surface area contributed by atoms with Crippen LogP contribution >= 0.6 is 0 Å². The summed E-state index contributed by atoms with van der Waals surface area (Å²) in [7, 11) is 0. The van der Waals surface area contributed by atoms with Crippen molar-refractivity contribution in [2.45, 2.75) is 40.7 Å². The van der Waals surface area contributed by atoms with Crippen molar-refractivity contribution in [3.8, 4) is 0 Å². The van der Waals surface area contributed by atoms with Gasteiger partial charge in [0.1, 0.15) is 6.10 Å². The van der Waals surface area contributed by atoms with Crippen molar-refractivity contribution < 1.29 is 9.53 Å². The molecular formula is C10H22N2O2. The van der Waals surface area contributed by atoms with E-state index in [1.165, 1.54) is 0 Å². The minimum absolute atomic E-state index is 0.0966. The lowest BCUT2D eigenvalue weighted by Gasteiger charge is -2.22. The van der Waals surface area contributed by atoms with Crippen LogP contribution in [0.5, 0.6) is 0 Å². The summed E-state index contributed by atoms with van der Waals surface area (Å²) in [5, 5.41) is 1.13. The topological polar surface area (TPSA) is 55.6 Å². The van der Waals surface area contributed by atoms with Crippen molar-refractivity contribution in [1.82, 2.24) is 5.01 Å². The Morgan fingerprint density at radius 1 is 1.29 bits per heavy atom. The summed E-state index contributed by atoms with van der Waals surface area (Å²) in [5.74, 6) is 6.19. The van der Waals surface area contributed by atoms with Crippen LogP contribution in [-0.2, 0) is 4.74 Å². The number of nitrogens with two attached hydrogens (primary N) is 1. The zero-order valence-corrected chi connectivity index (χ0v) is 9.78. The van der Waals surface area contributed by atoms with Gasteiger partial charge in [-0.15, -0.1) is 0 Å². The fraction of sp³-hybridized carbons (Fsp3) is 0.900. The molecule has 0 saturated carbocycles. The molecule has 0 aromatic carbocycles. The highest BCUT2D eigenvalue weighted by Crippen LogP contribution is 2.07. The normalized spacial score (nSPS) is 13.1. The van der Waals surface area contributed by atoms with E-state index in [4.69, 9.17) is 10.6 Å². The number of hydrazine groups is 1. The summed E-state index contributed by atoms with van der Waals surface area (Å²) >= 11 is 0. The molecule has 84 valence electrons. The van der Waals surface area contributed by atoms with Gasteiger partial charge in [0.25, 0.3) is 0 Å². The summed E-state index contributed by atoms with van der Waals surface area (Å²) in [6.07, 6.45) is -0.541. The molecule has 0 aromatic heterocycles. The van der Waals surface area contributed by atoms with Crippen molar-refractivity contribution >= 4 is 6.09 Å². The first-order valence-electron chi connectivity index (χ1n) is 5.07. The second-order valence-corrected chi connectivity index (χ2v) is 4.38. The van der Waals surface area contributed by atoms with Crippen molar-refractivity contribution in [2.75, 3.05) is 6.54 Å². The largest absolute Gasteiger partial charge is 0.445 e. The van der Waals surface area contributed by atoms with Gasteiger partial charge in [-0.3, -0.25) is 0 Å². The molecule has 0 radical (unpaired) electrons. The number of carbonyl (C=O) groups excluding carboxylic acids is 1. The minimum atomic E-state index is -0.445.